The molecule has 0 amide bonds. The van der Waals surface area contributed by atoms with Crippen LogP contribution in [-0.2, 0) is 9.47 Å². The van der Waals surface area contributed by atoms with Gasteiger partial charge in [0.15, 0.2) is 0 Å². The molecule has 0 fully saturated rings. The van der Waals surface area contributed by atoms with Gasteiger partial charge in [-0.3, -0.25) is 0 Å². The van der Waals surface area contributed by atoms with Crippen LogP contribution in [0.25, 0.3) is 10.8 Å². The van der Waals surface area contributed by atoms with Crippen molar-refractivity contribution >= 4 is 22.7 Å². The number of carbonyl (C=O) groups is 2. The summed E-state index contributed by atoms with van der Waals surface area (Å²) in [6.45, 7) is 7.29. The van der Waals surface area contributed by atoms with E-state index in [-0.39, 0.29) is 13.2 Å². The van der Waals surface area contributed by atoms with E-state index in [0.29, 0.717) is 21.9 Å². The molecule has 4 nitrogen and oxygen atoms in total. The van der Waals surface area contributed by atoms with Gasteiger partial charge in [-0.2, -0.15) is 0 Å². The fourth-order valence-corrected chi connectivity index (χ4v) is 2.08. The second-order valence-electron chi connectivity index (χ2n) is 4.48. The van der Waals surface area contributed by atoms with Crippen molar-refractivity contribution in [3.05, 3.63) is 72.8 Å². The average molecular weight is 296 g/mol. The van der Waals surface area contributed by atoms with Gasteiger partial charge in [0.25, 0.3) is 0 Å². The molecule has 0 aliphatic carbocycles. The first kappa shape index (κ1) is 15.5. The molecule has 0 aliphatic rings. The molecule has 0 saturated heterocycles. The number of hydrogen-bond acceptors (Lipinski definition) is 4. The minimum absolute atomic E-state index is 0.135. The number of hydrogen-bond donors (Lipinski definition) is 0. The highest BCUT2D eigenvalue weighted by Crippen LogP contribution is 2.24. The van der Waals surface area contributed by atoms with Gasteiger partial charge in [0, 0.05) is 0 Å². The molecule has 0 bridgehead atoms. The Balaban J connectivity index is 2.47. The zero-order valence-corrected chi connectivity index (χ0v) is 12.1. The summed E-state index contributed by atoms with van der Waals surface area (Å²) in [6, 6.07) is 10.3. The number of esters is 2. The lowest BCUT2D eigenvalue weighted by molar-refractivity contribution is 0.0538. The third-order valence-corrected chi connectivity index (χ3v) is 3.03. The van der Waals surface area contributed by atoms with Crippen molar-refractivity contribution in [3.63, 3.8) is 0 Å². The Kier molecular flexibility index (Phi) is 5.09. The van der Waals surface area contributed by atoms with Gasteiger partial charge in [0.2, 0.25) is 0 Å². The summed E-state index contributed by atoms with van der Waals surface area (Å²) in [7, 11) is 0. The summed E-state index contributed by atoms with van der Waals surface area (Å²) in [5.41, 5.74) is 0.801. The number of carbonyl (C=O) groups excluding carboxylic acids is 2. The highest BCUT2D eigenvalue weighted by molar-refractivity contribution is 6.11. The standard InChI is InChI=1S/C18H16O4/c1-3-11-21-17(19)15-9-10-16(18(20)22-12-4-2)14-8-6-5-7-13(14)15/h3-10H,1-2,11-12H2. The van der Waals surface area contributed by atoms with Crippen LogP contribution >= 0.6 is 0 Å². The first-order valence-electron chi connectivity index (χ1n) is 6.76. The lowest BCUT2D eigenvalue weighted by Gasteiger charge is -2.10. The molecule has 2 aromatic carbocycles. The Hall–Kier alpha value is -2.88. The number of ether oxygens (including phenoxy) is 2. The molecule has 2 aromatic rings. The fraction of sp³-hybridized carbons (Fsp3) is 0.111. The molecule has 0 aromatic heterocycles. The van der Waals surface area contributed by atoms with E-state index in [2.05, 4.69) is 13.2 Å². The Morgan fingerprint density at radius 1 is 0.818 bits per heavy atom. The maximum Gasteiger partial charge on any atom is 0.339 e. The maximum atomic E-state index is 12.1. The lowest BCUT2D eigenvalue weighted by atomic mass is 9.99. The second-order valence-corrected chi connectivity index (χ2v) is 4.48. The minimum Gasteiger partial charge on any atom is -0.458 e. The van der Waals surface area contributed by atoms with E-state index < -0.39 is 11.9 Å². The van der Waals surface area contributed by atoms with Gasteiger partial charge < -0.3 is 9.47 Å². The van der Waals surface area contributed by atoms with E-state index in [1.54, 1.807) is 36.4 Å². The number of benzene rings is 2. The molecular weight excluding hydrogens is 280 g/mol. The Bertz CT molecular complexity index is 668. The summed E-state index contributed by atoms with van der Waals surface area (Å²) in [4.78, 5) is 24.1. The van der Waals surface area contributed by atoms with Crippen molar-refractivity contribution in [2.45, 2.75) is 0 Å². The Morgan fingerprint density at radius 3 is 1.59 bits per heavy atom. The van der Waals surface area contributed by atoms with Crippen molar-refractivity contribution in [3.8, 4) is 0 Å². The van der Waals surface area contributed by atoms with E-state index in [4.69, 9.17) is 9.47 Å². The van der Waals surface area contributed by atoms with Crippen LogP contribution in [0.5, 0.6) is 0 Å². The predicted molar refractivity (Wildman–Crippen MR) is 84.9 cm³/mol. The molecule has 0 aliphatic heterocycles. The van der Waals surface area contributed by atoms with Gasteiger partial charge in [0.1, 0.15) is 13.2 Å². The molecule has 22 heavy (non-hydrogen) atoms. The predicted octanol–water partition coefficient (Wildman–Crippen LogP) is 3.53. The third-order valence-electron chi connectivity index (χ3n) is 3.03. The quantitative estimate of drug-likeness (QED) is 0.604. The molecule has 0 radical (unpaired) electrons. The second kappa shape index (κ2) is 7.22. The van der Waals surface area contributed by atoms with Gasteiger partial charge in [-0.05, 0) is 22.9 Å². The van der Waals surface area contributed by atoms with Crippen LogP contribution in [-0.4, -0.2) is 25.2 Å². The normalized spacial score (nSPS) is 10.0. The minimum atomic E-state index is -0.456. The molecule has 2 rings (SSSR count). The smallest absolute Gasteiger partial charge is 0.339 e. The Labute approximate surface area is 128 Å². The molecule has 0 atom stereocenters. The zero-order valence-electron chi connectivity index (χ0n) is 12.1. The third kappa shape index (κ3) is 3.23. The highest BCUT2D eigenvalue weighted by atomic mass is 16.5. The van der Waals surface area contributed by atoms with Crippen LogP contribution in [0.2, 0.25) is 0 Å². The Morgan fingerprint density at radius 2 is 1.23 bits per heavy atom. The summed E-state index contributed by atoms with van der Waals surface area (Å²) in [6.07, 6.45) is 3.00. The molecule has 0 heterocycles. The van der Waals surface area contributed by atoms with Crippen LogP contribution in [0.4, 0.5) is 0 Å². The van der Waals surface area contributed by atoms with Crippen molar-refractivity contribution < 1.29 is 19.1 Å². The van der Waals surface area contributed by atoms with Gasteiger partial charge in [-0.25, -0.2) is 9.59 Å². The van der Waals surface area contributed by atoms with E-state index in [9.17, 15) is 9.59 Å². The molecule has 0 spiro atoms. The van der Waals surface area contributed by atoms with Crippen LogP contribution in [0.3, 0.4) is 0 Å². The summed E-state index contributed by atoms with van der Waals surface area (Å²) in [5, 5.41) is 1.29. The topological polar surface area (TPSA) is 52.6 Å². The van der Waals surface area contributed by atoms with Crippen LogP contribution < -0.4 is 0 Å². The van der Waals surface area contributed by atoms with Crippen molar-refractivity contribution in [1.82, 2.24) is 0 Å². The summed E-state index contributed by atoms with van der Waals surface area (Å²) in [5.74, 6) is -0.913. The molecule has 0 unspecified atom stereocenters. The fourth-order valence-electron chi connectivity index (χ4n) is 2.08. The van der Waals surface area contributed by atoms with E-state index in [1.165, 1.54) is 12.2 Å². The van der Waals surface area contributed by atoms with Gasteiger partial charge in [-0.15, -0.1) is 0 Å². The highest BCUT2D eigenvalue weighted by Gasteiger charge is 2.17. The van der Waals surface area contributed by atoms with Gasteiger partial charge >= 0.3 is 11.9 Å². The van der Waals surface area contributed by atoms with E-state index >= 15 is 0 Å². The maximum absolute atomic E-state index is 12.1. The van der Waals surface area contributed by atoms with Crippen LogP contribution in [0.1, 0.15) is 20.7 Å². The monoisotopic (exact) mass is 296 g/mol. The molecule has 0 N–H and O–H groups in total. The van der Waals surface area contributed by atoms with E-state index in [1.807, 2.05) is 0 Å². The first-order valence-corrected chi connectivity index (χ1v) is 6.76. The van der Waals surface area contributed by atoms with E-state index in [0.717, 1.165) is 0 Å². The molecule has 0 saturated carbocycles. The largest absolute Gasteiger partial charge is 0.458 e. The number of rotatable bonds is 6. The first-order chi connectivity index (χ1) is 10.7. The number of fused-ring (bicyclic) bond motifs is 1. The SMILES string of the molecule is C=CCOC(=O)c1ccc(C(=O)OCC=C)c2ccccc12. The zero-order chi connectivity index (χ0) is 15.9. The molecule has 4 heteroatoms. The van der Waals surface area contributed by atoms with Crippen molar-refractivity contribution in [1.29, 1.82) is 0 Å². The molecular formula is C18H16O4. The summed E-state index contributed by atoms with van der Waals surface area (Å²) >= 11 is 0. The summed E-state index contributed by atoms with van der Waals surface area (Å²) < 4.78 is 10.1. The van der Waals surface area contributed by atoms with Gasteiger partial charge in [0.05, 0.1) is 11.1 Å². The van der Waals surface area contributed by atoms with Crippen LogP contribution in [0.15, 0.2) is 61.7 Å². The average Bonchev–Trinajstić information content (AvgIpc) is 2.56. The van der Waals surface area contributed by atoms with Gasteiger partial charge in [-0.1, -0.05) is 49.6 Å². The van der Waals surface area contributed by atoms with Crippen molar-refractivity contribution in [2.24, 2.45) is 0 Å². The lowest BCUT2D eigenvalue weighted by Crippen LogP contribution is -2.09. The van der Waals surface area contributed by atoms with Crippen molar-refractivity contribution in [2.75, 3.05) is 13.2 Å². The van der Waals surface area contributed by atoms with Crippen LogP contribution in [0, 0.1) is 0 Å². The molecule has 112 valence electrons.